The molecule has 212 valence electrons. The third-order valence-corrected chi connectivity index (χ3v) is 7.40. The second-order valence-corrected chi connectivity index (χ2v) is 12.0. The average molecular weight is 596 g/mol. The summed E-state index contributed by atoms with van der Waals surface area (Å²) >= 11 is 6.03. The van der Waals surface area contributed by atoms with E-state index in [0.29, 0.717) is 35.2 Å². The highest BCUT2D eigenvalue weighted by atomic mass is 35.5. The van der Waals surface area contributed by atoms with Crippen molar-refractivity contribution >= 4 is 39.0 Å². The van der Waals surface area contributed by atoms with Crippen molar-refractivity contribution in [2.45, 2.75) is 25.9 Å². The fourth-order valence-corrected chi connectivity index (χ4v) is 4.94. The molecule has 0 atom stereocenters. The van der Waals surface area contributed by atoms with Crippen LogP contribution >= 0.6 is 11.6 Å². The van der Waals surface area contributed by atoms with Crippen LogP contribution in [-0.4, -0.2) is 34.7 Å². The van der Waals surface area contributed by atoms with Gasteiger partial charge in [0.25, 0.3) is 5.56 Å². The zero-order valence-electron chi connectivity index (χ0n) is 21.9. The predicted octanol–water partition coefficient (Wildman–Crippen LogP) is 3.50. The van der Waals surface area contributed by atoms with Crippen LogP contribution in [0.2, 0.25) is 5.02 Å². The van der Waals surface area contributed by atoms with Crippen molar-refractivity contribution in [3.8, 4) is 11.6 Å². The number of ether oxygens (including phenoxy) is 1. The minimum atomic E-state index is -3.80. The van der Waals surface area contributed by atoms with Gasteiger partial charge in [0.2, 0.25) is 21.8 Å². The Labute approximate surface area is 240 Å². The van der Waals surface area contributed by atoms with E-state index in [1.54, 1.807) is 66.9 Å². The Morgan fingerprint density at radius 1 is 1.02 bits per heavy atom. The normalized spacial score (nSPS) is 13.8. The van der Waals surface area contributed by atoms with Crippen LogP contribution in [0.4, 0.5) is 11.5 Å². The molecule has 1 fully saturated rings. The number of anilines is 2. The molecule has 0 saturated heterocycles. The van der Waals surface area contributed by atoms with E-state index in [0.717, 1.165) is 16.4 Å². The molecule has 1 aliphatic rings. The smallest absolute Gasteiger partial charge is 0.332 e. The van der Waals surface area contributed by atoms with Gasteiger partial charge in [0.1, 0.15) is 11.6 Å². The van der Waals surface area contributed by atoms with Gasteiger partial charge in [-0.2, -0.15) is 0 Å². The number of amides is 1. The zero-order valence-corrected chi connectivity index (χ0v) is 23.5. The zero-order chi connectivity index (χ0) is 29.2. The minimum Gasteiger partial charge on any atom is -0.439 e. The maximum atomic E-state index is 13.7. The van der Waals surface area contributed by atoms with Crippen molar-refractivity contribution in [3.05, 3.63) is 110 Å². The highest BCUT2D eigenvalue weighted by Crippen LogP contribution is 2.47. The van der Waals surface area contributed by atoms with E-state index in [2.05, 4.69) is 10.3 Å². The Balaban J connectivity index is 1.46. The summed E-state index contributed by atoms with van der Waals surface area (Å²) < 4.78 is 33.3. The van der Waals surface area contributed by atoms with Gasteiger partial charge < -0.3 is 10.1 Å². The van der Waals surface area contributed by atoms with E-state index < -0.39 is 32.6 Å². The van der Waals surface area contributed by atoms with Gasteiger partial charge >= 0.3 is 5.69 Å². The summed E-state index contributed by atoms with van der Waals surface area (Å²) in [4.78, 5) is 43.7. The standard InChI is InChI=1S/C28H26ClN5O6S/c1-41(38,39)32-26(36)28(13-14-28)18-34-25(35)16-23(33(27(34)37)17-19-5-7-20(29)8-6-19)31-21-9-11-22(12-10-21)40-24-4-2-3-15-30-24/h2-12,15-16,31H,13-14,17-18H2,1H3,(H,32,36). The van der Waals surface area contributed by atoms with Crippen molar-refractivity contribution in [1.82, 2.24) is 18.8 Å². The van der Waals surface area contributed by atoms with Crippen LogP contribution in [0.3, 0.4) is 0 Å². The van der Waals surface area contributed by atoms with Crippen LogP contribution in [0.25, 0.3) is 0 Å². The molecule has 5 rings (SSSR count). The van der Waals surface area contributed by atoms with Crippen LogP contribution in [0.5, 0.6) is 11.6 Å². The summed E-state index contributed by atoms with van der Waals surface area (Å²) in [6, 6.07) is 20.4. The number of hydrogen-bond donors (Lipinski definition) is 2. The summed E-state index contributed by atoms with van der Waals surface area (Å²) in [5, 5.41) is 3.66. The Bertz CT molecular complexity index is 1800. The highest BCUT2D eigenvalue weighted by Gasteiger charge is 2.51. The number of benzene rings is 2. The molecule has 1 saturated carbocycles. The average Bonchev–Trinajstić information content (AvgIpc) is 3.72. The van der Waals surface area contributed by atoms with E-state index in [1.807, 2.05) is 10.8 Å². The number of nitrogens with zero attached hydrogens (tertiary/aromatic N) is 3. The molecule has 0 radical (unpaired) electrons. The number of hydrogen-bond acceptors (Lipinski definition) is 8. The molecule has 0 unspecified atom stereocenters. The van der Waals surface area contributed by atoms with Crippen LogP contribution in [-0.2, 0) is 27.9 Å². The fraction of sp³-hybridized carbons (Fsp3) is 0.214. The lowest BCUT2D eigenvalue weighted by atomic mass is 10.1. The molecule has 0 bridgehead atoms. The third kappa shape index (κ3) is 6.84. The van der Waals surface area contributed by atoms with Crippen molar-refractivity contribution in [1.29, 1.82) is 0 Å². The maximum Gasteiger partial charge on any atom is 0.332 e. The first kappa shape index (κ1) is 28.1. The molecule has 2 aromatic carbocycles. The first-order valence-electron chi connectivity index (χ1n) is 12.6. The number of rotatable bonds is 10. The van der Waals surface area contributed by atoms with Gasteiger partial charge in [-0.3, -0.25) is 23.4 Å². The molecule has 2 aromatic heterocycles. The maximum absolute atomic E-state index is 13.7. The van der Waals surface area contributed by atoms with Gasteiger partial charge in [-0.05, 0) is 60.9 Å². The summed E-state index contributed by atoms with van der Waals surface area (Å²) in [6.07, 6.45) is 3.20. The van der Waals surface area contributed by atoms with Gasteiger partial charge in [-0.25, -0.2) is 18.2 Å². The van der Waals surface area contributed by atoms with Gasteiger partial charge in [0.05, 0.1) is 18.2 Å². The minimum absolute atomic E-state index is 0.0992. The highest BCUT2D eigenvalue weighted by molar-refractivity contribution is 7.89. The SMILES string of the molecule is CS(=O)(=O)NC(=O)C1(Cn2c(=O)cc(Nc3ccc(Oc4ccccn4)cc3)n(Cc3ccc(Cl)cc3)c2=O)CC1. The van der Waals surface area contributed by atoms with Crippen molar-refractivity contribution in [2.75, 3.05) is 11.6 Å². The first-order valence-corrected chi connectivity index (χ1v) is 14.9. The quantitative estimate of drug-likeness (QED) is 0.284. The monoisotopic (exact) mass is 595 g/mol. The number of nitrogens with one attached hydrogen (secondary N) is 2. The second-order valence-electron chi connectivity index (χ2n) is 9.85. The topological polar surface area (TPSA) is 141 Å². The molecule has 1 amide bonds. The van der Waals surface area contributed by atoms with Crippen molar-refractivity contribution < 1.29 is 17.9 Å². The van der Waals surface area contributed by atoms with Gasteiger partial charge in [-0.15, -0.1) is 0 Å². The first-order chi connectivity index (χ1) is 19.5. The van der Waals surface area contributed by atoms with E-state index in [4.69, 9.17) is 16.3 Å². The predicted molar refractivity (Wildman–Crippen MR) is 154 cm³/mol. The Morgan fingerprint density at radius 3 is 2.34 bits per heavy atom. The van der Waals surface area contributed by atoms with E-state index in [1.165, 1.54) is 10.6 Å². The number of halogens is 1. The number of aromatic nitrogens is 3. The Morgan fingerprint density at radius 2 is 1.73 bits per heavy atom. The summed E-state index contributed by atoms with van der Waals surface area (Å²) in [5.41, 5.74) is -1.09. The molecule has 41 heavy (non-hydrogen) atoms. The fourth-order valence-electron chi connectivity index (χ4n) is 4.26. The molecule has 0 spiro atoms. The van der Waals surface area contributed by atoms with E-state index >= 15 is 0 Å². The summed E-state index contributed by atoms with van der Waals surface area (Å²) in [7, 11) is -3.80. The van der Waals surface area contributed by atoms with Gasteiger partial charge in [-0.1, -0.05) is 29.8 Å². The second kappa shape index (κ2) is 11.2. The number of sulfonamides is 1. The molecule has 4 aromatic rings. The molecular formula is C28H26ClN5O6S. The van der Waals surface area contributed by atoms with Gasteiger partial charge in [0, 0.05) is 35.6 Å². The molecule has 2 heterocycles. The Kier molecular flexibility index (Phi) is 7.70. The van der Waals surface area contributed by atoms with Crippen molar-refractivity contribution in [2.24, 2.45) is 5.41 Å². The summed E-state index contributed by atoms with van der Waals surface area (Å²) in [5.74, 6) is 0.485. The van der Waals surface area contributed by atoms with Crippen LogP contribution in [0, 0.1) is 5.41 Å². The van der Waals surface area contributed by atoms with Crippen LogP contribution in [0.1, 0.15) is 18.4 Å². The molecule has 13 heteroatoms. The van der Waals surface area contributed by atoms with Crippen LogP contribution < -0.4 is 26.0 Å². The molecule has 0 aliphatic heterocycles. The summed E-state index contributed by atoms with van der Waals surface area (Å²) in [6.45, 7) is -0.144. The largest absolute Gasteiger partial charge is 0.439 e. The van der Waals surface area contributed by atoms with Crippen molar-refractivity contribution in [3.63, 3.8) is 0 Å². The Hall–Kier alpha value is -4.42. The number of pyridine rings is 1. The van der Waals surface area contributed by atoms with Crippen LogP contribution in [0.15, 0.2) is 88.6 Å². The molecule has 11 nitrogen and oxygen atoms in total. The van der Waals surface area contributed by atoms with Gasteiger partial charge in [0.15, 0.2) is 0 Å². The molecular weight excluding hydrogens is 570 g/mol. The third-order valence-electron chi connectivity index (χ3n) is 6.59. The van der Waals surface area contributed by atoms with E-state index in [9.17, 15) is 22.8 Å². The number of carbonyl (C=O) groups is 1. The number of carbonyl (C=O) groups excluding carboxylic acids is 1. The lowest BCUT2D eigenvalue weighted by Crippen LogP contribution is -2.45. The van der Waals surface area contributed by atoms with E-state index in [-0.39, 0.29) is 18.9 Å². The lowest BCUT2D eigenvalue weighted by Gasteiger charge is -2.20. The molecule has 2 N–H and O–H groups in total. The lowest BCUT2D eigenvalue weighted by molar-refractivity contribution is -0.125. The molecule has 1 aliphatic carbocycles.